The molecule has 2 fully saturated rings. The molecule has 25 heavy (non-hydrogen) atoms. The summed E-state index contributed by atoms with van der Waals surface area (Å²) in [6, 6.07) is 2.67. The Kier molecular flexibility index (Phi) is 5.42. The lowest BCUT2D eigenvalue weighted by Gasteiger charge is -2.34. The minimum absolute atomic E-state index is 0.0312. The van der Waals surface area contributed by atoms with E-state index in [1.807, 2.05) is 17.5 Å². The predicted octanol–water partition coefficient (Wildman–Crippen LogP) is 2.56. The molecule has 2 heterocycles. The molecule has 0 spiro atoms. The highest BCUT2D eigenvalue weighted by Gasteiger charge is 2.47. The van der Waals surface area contributed by atoms with Crippen LogP contribution < -0.4 is 5.32 Å². The van der Waals surface area contributed by atoms with Crippen molar-refractivity contribution < 1.29 is 19.5 Å². The second-order valence-corrected chi connectivity index (χ2v) is 7.95. The quantitative estimate of drug-likeness (QED) is 0.841. The van der Waals surface area contributed by atoms with Crippen molar-refractivity contribution in [2.24, 2.45) is 5.92 Å². The molecule has 2 aliphatic rings. The summed E-state index contributed by atoms with van der Waals surface area (Å²) >= 11 is 1.49. The Balaban J connectivity index is 1.79. The van der Waals surface area contributed by atoms with Crippen molar-refractivity contribution in [3.05, 3.63) is 22.4 Å². The predicted molar refractivity (Wildman–Crippen MR) is 94.1 cm³/mol. The highest BCUT2D eigenvalue weighted by Crippen LogP contribution is 2.40. The van der Waals surface area contributed by atoms with E-state index in [-0.39, 0.29) is 24.3 Å². The van der Waals surface area contributed by atoms with Crippen LogP contribution in [0.2, 0.25) is 0 Å². The van der Waals surface area contributed by atoms with Gasteiger partial charge in [0.2, 0.25) is 11.8 Å². The van der Waals surface area contributed by atoms with Crippen molar-refractivity contribution in [2.45, 2.75) is 63.6 Å². The Morgan fingerprint density at radius 1 is 1.36 bits per heavy atom. The standard InChI is InChI=1S/C18H24N2O4S/c1-11(21)19-13(16-7-4-8-25-16)10-17(22)20-14-6-3-2-5-12(14)9-15(20)18(23)24/h4,7-8,12-15H,2-3,5-6,9-10H2,1H3,(H,19,21)(H,23,24). The number of nitrogens with zero attached hydrogens (tertiary/aromatic N) is 1. The molecule has 4 atom stereocenters. The third-order valence-electron chi connectivity index (χ3n) is 5.30. The van der Waals surface area contributed by atoms with Gasteiger partial charge in [-0.1, -0.05) is 18.9 Å². The van der Waals surface area contributed by atoms with E-state index >= 15 is 0 Å². The van der Waals surface area contributed by atoms with Crippen molar-refractivity contribution in [1.29, 1.82) is 0 Å². The number of amides is 2. The van der Waals surface area contributed by atoms with Gasteiger partial charge in [0.25, 0.3) is 0 Å². The average Bonchev–Trinajstić information content (AvgIpc) is 3.21. The lowest BCUT2D eigenvalue weighted by atomic mass is 9.84. The molecule has 1 aromatic rings. The number of carboxylic acids is 1. The zero-order valence-corrected chi connectivity index (χ0v) is 15.1. The van der Waals surface area contributed by atoms with Gasteiger partial charge in [-0.2, -0.15) is 0 Å². The summed E-state index contributed by atoms with van der Waals surface area (Å²) < 4.78 is 0. The van der Waals surface area contributed by atoms with Gasteiger partial charge in [0.15, 0.2) is 0 Å². The van der Waals surface area contributed by atoms with Gasteiger partial charge in [-0.3, -0.25) is 9.59 Å². The largest absolute Gasteiger partial charge is 0.480 e. The lowest BCUT2D eigenvalue weighted by Crippen LogP contribution is -2.47. The Morgan fingerprint density at radius 3 is 2.76 bits per heavy atom. The van der Waals surface area contributed by atoms with E-state index in [0.29, 0.717) is 12.3 Å². The molecular weight excluding hydrogens is 340 g/mol. The van der Waals surface area contributed by atoms with E-state index in [0.717, 1.165) is 30.6 Å². The van der Waals surface area contributed by atoms with Crippen molar-refractivity contribution in [3.8, 4) is 0 Å². The number of carbonyl (C=O) groups excluding carboxylic acids is 2. The molecule has 2 N–H and O–H groups in total. The number of carbonyl (C=O) groups is 3. The van der Waals surface area contributed by atoms with Crippen LogP contribution in [-0.4, -0.2) is 39.9 Å². The van der Waals surface area contributed by atoms with Crippen LogP contribution in [0.25, 0.3) is 0 Å². The fourth-order valence-corrected chi connectivity index (χ4v) is 5.05. The van der Waals surface area contributed by atoms with Gasteiger partial charge < -0.3 is 15.3 Å². The van der Waals surface area contributed by atoms with Crippen LogP contribution in [0.4, 0.5) is 0 Å². The van der Waals surface area contributed by atoms with Crippen LogP contribution in [0, 0.1) is 5.92 Å². The van der Waals surface area contributed by atoms with E-state index in [2.05, 4.69) is 5.32 Å². The topological polar surface area (TPSA) is 86.7 Å². The molecule has 4 unspecified atom stereocenters. The molecule has 1 aliphatic heterocycles. The van der Waals surface area contributed by atoms with E-state index in [1.54, 1.807) is 4.90 Å². The number of rotatable bonds is 5. The molecule has 136 valence electrons. The molecule has 0 bridgehead atoms. The van der Waals surface area contributed by atoms with E-state index < -0.39 is 18.1 Å². The Labute approximate surface area is 151 Å². The summed E-state index contributed by atoms with van der Waals surface area (Å²) in [6.07, 6.45) is 4.68. The number of likely N-dealkylation sites (tertiary alicyclic amines) is 1. The van der Waals surface area contributed by atoms with Gasteiger partial charge >= 0.3 is 5.97 Å². The molecule has 7 heteroatoms. The highest BCUT2D eigenvalue weighted by atomic mass is 32.1. The van der Waals surface area contributed by atoms with Crippen LogP contribution in [0.5, 0.6) is 0 Å². The van der Waals surface area contributed by atoms with E-state index in [4.69, 9.17) is 0 Å². The molecule has 1 aliphatic carbocycles. The third-order valence-corrected chi connectivity index (χ3v) is 6.29. The minimum Gasteiger partial charge on any atom is -0.480 e. The van der Waals surface area contributed by atoms with Crippen LogP contribution >= 0.6 is 11.3 Å². The number of fused-ring (bicyclic) bond motifs is 1. The third kappa shape index (κ3) is 3.86. The van der Waals surface area contributed by atoms with Crippen molar-refractivity contribution in [2.75, 3.05) is 0 Å². The van der Waals surface area contributed by atoms with E-state index in [1.165, 1.54) is 18.3 Å². The maximum Gasteiger partial charge on any atom is 0.326 e. The number of hydrogen-bond donors (Lipinski definition) is 2. The maximum absolute atomic E-state index is 13.0. The Morgan fingerprint density at radius 2 is 2.12 bits per heavy atom. The fraction of sp³-hybridized carbons (Fsp3) is 0.611. The summed E-state index contributed by atoms with van der Waals surface area (Å²) in [5.41, 5.74) is 0. The minimum atomic E-state index is -0.921. The van der Waals surface area contributed by atoms with Crippen molar-refractivity contribution in [3.63, 3.8) is 0 Å². The number of aliphatic carboxylic acids is 1. The monoisotopic (exact) mass is 364 g/mol. The first kappa shape index (κ1) is 17.9. The van der Waals surface area contributed by atoms with Gasteiger partial charge in [0, 0.05) is 17.8 Å². The summed E-state index contributed by atoms with van der Waals surface area (Å²) in [5.74, 6) is -0.999. The number of thiophene rings is 1. The molecule has 2 amide bonds. The molecule has 1 saturated heterocycles. The van der Waals surface area contributed by atoms with Gasteiger partial charge in [0.1, 0.15) is 6.04 Å². The normalized spacial score (nSPS) is 26.8. The zero-order chi connectivity index (χ0) is 18.0. The van der Waals surface area contributed by atoms with Crippen LogP contribution in [-0.2, 0) is 14.4 Å². The molecule has 0 radical (unpaired) electrons. The van der Waals surface area contributed by atoms with Gasteiger partial charge in [-0.15, -0.1) is 11.3 Å². The fourth-order valence-electron chi connectivity index (χ4n) is 4.28. The number of carboxylic acid groups (broad SMARTS) is 1. The second kappa shape index (κ2) is 7.56. The van der Waals surface area contributed by atoms with Gasteiger partial charge in [0.05, 0.1) is 12.5 Å². The molecular formula is C18H24N2O4S. The van der Waals surface area contributed by atoms with Crippen molar-refractivity contribution in [1.82, 2.24) is 10.2 Å². The lowest BCUT2D eigenvalue weighted by molar-refractivity contribution is -0.150. The summed E-state index contributed by atoms with van der Waals surface area (Å²) in [4.78, 5) is 38.8. The molecule has 0 aromatic carbocycles. The van der Waals surface area contributed by atoms with Crippen molar-refractivity contribution >= 4 is 29.1 Å². The smallest absolute Gasteiger partial charge is 0.326 e. The first-order valence-corrected chi connectivity index (χ1v) is 9.69. The number of nitrogens with one attached hydrogen (secondary N) is 1. The van der Waals surface area contributed by atoms with Gasteiger partial charge in [-0.25, -0.2) is 4.79 Å². The highest BCUT2D eigenvalue weighted by molar-refractivity contribution is 7.10. The SMILES string of the molecule is CC(=O)NC(CC(=O)N1C(C(=O)O)CC2CCCCC21)c1cccs1. The molecule has 1 saturated carbocycles. The van der Waals surface area contributed by atoms with Crippen LogP contribution in [0.1, 0.15) is 56.4 Å². The first-order chi connectivity index (χ1) is 12.0. The summed E-state index contributed by atoms with van der Waals surface area (Å²) in [7, 11) is 0. The molecule has 3 rings (SSSR count). The van der Waals surface area contributed by atoms with E-state index in [9.17, 15) is 19.5 Å². The van der Waals surface area contributed by atoms with Gasteiger partial charge in [-0.05, 0) is 36.6 Å². The maximum atomic E-state index is 13.0. The van der Waals surface area contributed by atoms with Crippen LogP contribution in [0.15, 0.2) is 17.5 Å². The Bertz CT molecular complexity index is 646. The second-order valence-electron chi connectivity index (χ2n) is 6.98. The number of hydrogen-bond acceptors (Lipinski definition) is 4. The first-order valence-electron chi connectivity index (χ1n) is 8.82. The molecule has 6 nitrogen and oxygen atoms in total. The van der Waals surface area contributed by atoms with Crippen LogP contribution in [0.3, 0.4) is 0 Å². The zero-order valence-electron chi connectivity index (χ0n) is 14.3. The summed E-state index contributed by atoms with van der Waals surface area (Å²) in [5, 5.41) is 14.3. The summed E-state index contributed by atoms with van der Waals surface area (Å²) in [6.45, 7) is 1.43. The average molecular weight is 364 g/mol. The Hall–Kier alpha value is -1.89. The molecule has 1 aromatic heterocycles.